The van der Waals surface area contributed by atoms with Gasteiger partial charge in [0.05, 0.1) is 13.5 Å². The summed E-state index contributed by atoms with van der Waals surface area (Å²) < 4.78 is 4.40. The molecule has 0 bridgehead atoms. The number of esters is 1. The second-order valence-corrected chi connectivity index (χ2v) is 4.98. The van der Waals surface area contributed by atoms with Gasteiger partial charge < -0.3 is 20.5 Å². The smallest absolute Gasteiger partial charge is 0.326 e. The molecule has 1 aliphatic carbocycles. The van der Waals surface area contributed by atoms with Crippen LogP contribution in [0.15, 0.2) is 0 Å². The molecule has 1 aliphatic rings. The van der Waals surface area contributed by atoms with Gasteiger partial charge in [0.15, 0.2) is 0 Å². The summed E-state index contributed by atoms with van der Waals surface area (Å²) in [5.74, 6) is -1.93. The monoisotopic (exact) mass is 286 g/mol. The molecular formula is C13H22N2O5. The first-order valence-electron chi connectivity index (χ1n) is 6.89. The van der Waals surface area contributed by atoms with Crippen LogP contribution >= 0.6 is 0 Å². The molecule has 0 heterocycles. The number of carbonyl (C=O) groups excluding carboxylic acids is 2. The van der Waals surface area contributed by atoms with E-state index in [2.05, 4.69) is 15.4 Å². The largest absolute Gasteiger partial charge is 0.480 e. The van der Waals surface area contributed by atoms with Gasteiger partial charge in [-0.1, -0.05) is 25.7 Å². The summed E-state index contributed by atoms with van der Waals surface area (Å²) in [7, 11) is 1.17. The summed E-state index contributed by atoms with van der Waals surface area (Å²) in [4.78, 5) is 33.8. The molecule has 1 atom stereocenters. The van der Waals surface area contributed by atoms with Gasteiger partial charge in [-0.25, -0.2) is 9.59 Å². The minimum absolute atomic E-state index is 0.0741. The standard InChI is InChI=1S/C13H22N2O5/c1-20-11(16)8-10(12(17)18)15-13(19)14-9-6-4-2-3-5-7-9/h9-10H,2-8H2,1H3,(H,17,18)(H2,14,15,19)/t10-/m0/s1. The zero-order chi connectivity index (χ0) is 15.0. The number of hydrogen-bond acceptors (Lipinski definition) is 4. The summed E-state index contributed by atoms with van der Waals surface area (Å²) >= 11 is 0. The minimum Gasteiger partial charge on any atom is -0.480 e. The lowest BCUT2D eigenvalue weighted by atomic mass is 10.1. The first kappa shape index (κ1) is 16.3. The van der Waals surface area contributed by atoms with Crippen LogP contribution in [0.25, 0.3) is 0 Å². The van der Waals surface area contributed by atoms with Gasteiger partial charge >= 0.3 is 18.0 Å². The average Bonchev–Trinajstić information content (AvgIpc) is 2.66. The number of rotatable bonds is 5. The van der Waals surface area contributed by atoms with Crippen molar-refractivity contribution >= 4 is 18.0 Å². The quantitative estimate of drug-likeness (QED) is 0.517. The van der Waals surface area contributed by atoms with E-state index >= 15 is 0 Å². The van der Waals surface area contributed by atoms with Crippen molar-refractivity contribution in [2.45, 2.75) is 57.0 Å². The van der Waals surface area contributed by atoms with Gasteiger partial charge in [-0.05, 0) is 12.8 Å². The molecule has 0 aromatic carbocycles. The molecule has 2 amide bonds. The Morgan fingerprint density at radius 3 is 2.30 bits per heavy atom. The highest BCUT2D eigenvalue weighted by molar-refractivity contribution is 5.86. The van der Waals surface area contributed by atoms with E-state index < -0.39 is 24.0 Å². The van der Waals surface area contributed by atoms with Gasteiger partial charge in [0, 0.05) is 6.04 Å². The van der Waals surface area contributed by atoms with Crippen molar-refractivity contribution in [3.8, 4) is 0 Å². The Bertz CT molecular complexity index is 351. The van der Waals surface area contributed by atoms with Crippen LogP contribution in [-0.2, 0) is 14.3 Å². The zero-order valence-electron chi connectivity index (χ0n) is 11.7. The molecule has 7 heteroatoms. The second kappa shape index (κ2) is 8.39. The first-order valence-corrected chi connectivity index (χ1v) is 6.89. The normalized spacial score (nSPS) is 17.6. The predicted molar refractivity (Wildman–Crippen MR) is 71.2 cm³/mol. The molecule has 114 valence electrons. The van der Waals surface area contributed by atoms with E-state index in [0.29, 0.717) is 0 Å². The number of aliphatic carboxylic acids is 1. The van der Waals surface area contributed by atoms with E-state index in [4.69, 9.17) is 5.11 Å². The van der Waals surface area contributed by atoms with E-state index in [1.807, 2.05) is 0 Å². The Kier molecular flexibility index (Phi) is 6.83. The third-order valence-corrected chi connectivity index (χ3v) is 3.39. The third-order valence-electron chi connectivity index (χ3n) is 3.39. The molecule has 3 N–H and O–H groups in total. The van der Waals surface area contributed by atoms with E-state index in [9.17, 15) is 14.4 Å². The molecule has 1 rings (SSSR count). The van der Waals surface area contributed by atoms with E-state index in [1.54, 1.807) is 0 Å². The van der Waals surface area contributed by atoms with Crippen molar-refractivity contribution in [2.75, 3.05) is 7.11 Å². The number of carboxylic acids is 1. The van der Waals surface area contributed by atoms with E-state index in [0.717, 1.165) is 25.7 Å². The number of nitrogens with one attached hydrogen (secondary N) is 2. The van der Waals surface area contributed by atoms with Gasteiger partial charge in [0.2, 0.25) is 0 Å². The molecule has 0 unspecified atom stereocenters. The Labute approximate surface area is 118 Å². The maximum Gasteiger partial charge on any atom is 0.326 e. The number of hydrogen-bond donors (Lipinski definition) is 3. The van der Waals surface area contributed by atoms with Crippen molar-refractivity contribution in [1.29, 1.82) is 0 Å². The fraction of sp³-hybridized carbons (Fsp3) is 0.769. The topological polar surface area (TPSA) is 105 Å². The maximum atomic E-state index is 11.8. The lowest BCUT2D eigenvalue weighted by Gasteiger charge is -2.19. The summed E-state index contributed by atoms with van der Waals surface area (Å²) in [5.41, 5.74) is 0. The summed E-state index contributed by atoms with van der Waals surface area (Å²) in [6.45, 7) is 0. The molecule has 0 saturated heterocycles. The SMILES string of the molecule is COC(=O)C[C@H](NC(=O)NC1CCCCCC1)C(=O)O. The van der Waals surface area contributed by atoms with Crippen LogP contribution in [0.5, 0.6) is 0 Å². The highest BCUT2D eigenvalue weighted by Crippen LogP contribution is 2.17. The Morgan fingerprint density at radius 2 is 1.80 bits per heavy atom. The maximum absolute atomic E-state index is 11.8. The highest BCUT2D eigenvalue weighted by Gasteiger charge is 2.24. The molecule has 0 aliphatic heterocycles. The molecule has 0 aromatic heterocycles. The number of urea groups is 1. The van der Waals surface area contributed by atoms with Crippen molar-refractivity contribution in [1.82, 2.24) is 10.6 Å². The van der Waals surface area contributed by atoms with Gasteiger partial charge in [-0.3, -0.25) is 4.79 Å². The number of amides is 2. The lowest BCUT2D eigenvalue weighted by molar-refractivity contribution is -0.147. The molecule has 7 nitrogen and oxygen atoms in total. The van der Waals surface area contributed by atoms with Crippen molar-refractivity contribution < 1.29 is 24.2 Å². The van der Waals surface area contributed by atoms with Crippen LogP contribution in [0, 0.1) is 0 Å². The number of carbonyl (C=O) groups is 3. The number of ether oxygens (including phenoxy) is 1. The van der Waals surface area contributed by atoms with Crippen LogP contribution in [0.2, 0.25) is 0 Å². The Balaban J connectivity index is 2.44. The number of methoxy groups -OCH3 is 1. The summed E-state index contributed by atoms with van der Waals surface area (Å²) in [5, 5.41) is 14.0. The molecule has 1 saturated carbocycles. The van der Waals surface area contributed by atoms with Gasteiger partial charge in [0.1, 0.15) is 6.04 Å². The van der Waals surface area contributed by atoms with Gasteiger partial charge in [0.25, 0.3) is 0 Å². The van der Waals surface area contributed by atoms with Crippen LogP contribution in [0.3, 0.4) is 0 Å². The van der Waals surface area contributed by atoms with Gasteiger partial charge in [-0.15, -0.1) is 0 Å². The molecule has 20 heavy (non-hydrogen) atoms. The van der Waals surface area contributed by atoms with E-state index in [-0.39, 0.29) is 12.5 Å². The molecular weight excluding hydrogens is 264 g/mol. The average molecular weight is 286 g/mol. The van der Waals surface area contributed by atoms with Crippen molar-refractivity contribution in [2.24, 2.45) is 0 Å². The fourth-order valence-corrected chi connectivity index (χ4v) is 2.26. The van der Waals surface area contributed by atoms with E-state index in [1.165, 1.54) is 20.0 Å². The molecule has 1 fully saturated rings. The van der Waals surface area contributed by atoms with Crippen molar-refractivity contribution in [3.63, 3.8) is 0 Å². The third kappa shape index (κ3) is 5.90. The van der Waals surface area contributed by atoms with Crippen LogP contribution < -0.4 is 10.6 Å². The van der Waals surface area contributed by atoms with Crippen LogP contribution in [-0.4, -0.2) is 42.3 Å². The zero-order valence-corrected chi connectivity index (χ0v) is 11.7. The predicted octanol–water partition coefficient (Wildman–Crippen LogP) is 1.02. The molecule has 0 spiro atoms. The Morgan fingerprint density at radius 1 is 1.20 bits per heavy atom. The van der Waals surface area contributed by atoms with Crippen LogP contribution in [0.1, 0.15) is 44.9 Å². The minimum atomic E-state index is -1.27. The first-order chi connectivity index (χ1) is 9.52. The van der Waals surface area contributed by atoms with Crippen LogP contribution in [0.4, 0.5) is 4.79 Å². The fourth-order valence-electron chi connectivity index (χ4n) is 2.26. The molecule has 0 radical (unpaired) electrons. The summed E-state index contributed by atoms with van der Waals surface area (Å²) in [6.07, 6.45) is 5.89. The van der Waals surface area contributed by atoms with Crippen molar-refractivity contribution in [3.05, 3.63) is 0 Å². The number of carboxylic acid groups (broad SMARTS) is 1. The second-order valence-electron chi connectivity index (χ2n) is 4.98. The molecule has 0 aromatic rings. The van der Waals surface area contributed by atoms with Gasteiger partial charge in [-0.2, -0.15) is 0 Å². The Hall–Kier alpha value is -1.79. The summed E-state index contributed by atoms with van der Waals surface area (Å²) in [6, 6.07) is -1.74. The lowest BCUT2D eigenvalue weighted by Crippen LogP contribution is -2.49. The highest BCUT2D eigenvalue weighted by atomic mass is 16.5.